The van der Waals surface area contributed by atoms with E-state index < -0.39 is 0 Å². The molecule has 7 nitrogen and oxygen atoms in total. The van der Waals surface area contributed by atoms with Gasteiger partial charge in [0.05, 0.1) is 16.7 Å². The second-order valence-corrected chi connectivity index (χ2v) is 6.39. The quantitative estimate of drug-likeness (QED) is 0.554. The molecular weight excluding hydrogens is 328 g/mol. The van der Waals surface area contributed by atoms with Crippen molar-refractivity contribution in [3.05, 3.63) is 59.9 Å². The number of fused-ring (bicyclic) bond motifs is 2. The number of likely N-dealkylation sites (N-methyl/N-ethyl adjacent to an activating group) is 1. The van der Waals surface area contributed by atoms with Crippen LogP contribution in [-0.2, 0) is 0 Å². The van der Waals surface area contributed by atoms with Gasteiger partial charge in [-0.2, -0.15) is 0 Å². The molecule has 0 N–H and O–H groups in total. The molecule has 4 aromatic rings. The summed E-state index contributed by atoms with van der Waals surface area (Å²) in [5, 5.41) is 12.2. The van der Waals surface area contributed by atoms with Crippen LogP contribution in [0.1, 0.15) is 11.1 Å². The fourth-order valence-corrected chi connectivity index (χ4v) is 3.45. The summed E-state index contributed by atoms with van der Waals surface area (Å²) in [4.78, 5) is 8.80. The van der Waals surface area contributed by atoms with Gasteiger partial charge in [0, 0.05) is 44.2 Å². The van der Waals surface area contributed by atoms with E-state index in [0.29, 0.717) is 0 Å². The molecule has 0 amide bonds. The first-order valence-electron chi connectivity index (χ1n) is 8.32. The summed E-state index contributed by atoms with van der Waals surface area (Å²) in [6.45, 7) is 0.807. The first-order valence-corrected chi connectivity index (χ1v) is 8.32. The molecule has 0 unspecified atom stereocenters. The van der Waals surface area contributed by atoms with E-state index in [2.05, 4.69) is 62.6 Å². The standard InChI is InChI=1S/C19H16N6O/c1-24-11-14(12-3-6-16-18(9-12)23-26-22-16)19(25(24)2)13-4-5-15-17(10-13)21-8-7-20-15/h3-10H,11H2,1-2H3. The van der Waals surface area contributed by atoms with E-state index in [9.17, 15) is 0 Å². The van der Waals surface area contributed by atoms with Crippen LogP contribution in [0.25, 0.3) is 33.3 Å². The number of aromatic nitrogens is 4. The molecule has 0 spiro atoms. The minimum atomic E-state index is 0.760. The van der Waals surface area contributed by atoms with Crippen molar-refractivity contribution in [1.82, 2.24) is 30.3 Å². The summed E-state index contributed by atoms with van der Waals surface area (Å²) >= 11 is 0. The van der Waals surface area contributed by atoms with E-state index in [1.54, 1.807) is 12.4 Å². The van der Waals surface area contributed by atoms with Gasteiger partial charge >= 0.3 is 0 Å². The molecular formula is C19H16N6O. The zero-order valence-electron chi connectivity index (χ0n) is 14.4. The van der Waals surface area contributed by atoms with Gasteiger partial charge in [0.1, 0.15) is 11.0 Å². The number of rotatable bonds is 2. The van der Waals surface area contributed by atoms with Crippen LogP contribution in [0.2, 0.25) is 0 Å². The summed E-state index contributed by atoms with van der Waals surface area (Å²) in [7, 11) is 4.14. The van der Waals surface area contributed by atoms with Crippen molar-refractivity contribution < 1.29 is 4.63 Å². The SMILES string of the molecule is CN1CC(c2ccc3nonc3c2)=C(c2ccc3nccnc3c2)N1C. The highest BCUT2D eigenvalue weighted by Gasteiger charge is 2.27. The normalized spacial score (nSPS) is 15.5. The van der Waals surface area contributed by atoms with Gasteiger partial charge < -0.3 is 5.01 Å². The van der Waals surface area contributed by atoms with Crippen LogP contribution in [0.5, 0.6) is 0 Å². The first kappa shape index (κ1) is 15.0. The van der Waals surface area contributed by atoms with Crippen LogP contribution in [0.15, 0.2) is 53.4 Å². The summed E-state index contributed by atoms with van der Waals surface area (Å²) in [6, 6.07) is 12.2. The third-order valence-corrected chi connectivity index (χ3v) is 4.85. The highest BCUT2D eigenvalue weighted by Crippen LogP contribution is 2.36. The van der Waals surface area contributed by atoms with Crippen LogP contribution in [0.4, 0.5) is 0 Å². The Morgan fingerprint density at radius 3 is 2.38 bits per heavy atom. The lowest BCUT2D eigenvalue weighted by molar-refractivity contribution is 0.129. The minimum Gasteiger partial charge on any atom is -0.308 e. The molecule has 26 heavy (non-hydrogen) atoms. The Bertz CT molecular complexity index is 1160. The largest absolute Gasteiger partial charge is 0.308 e. The summed E-state index contributed by atoms with van der Waals surface area (Å²) in [5.74, 6) is 0. The van der Waals surface area contributed by atoms with Crippen LogP contribution >= 0.6 is 0 Å². The predicted octanol–water partition coefficient (Wildman–Crippen LogP) is 2.83. The van der Waals surface area contributed by atoms with Crippen molar-refractivity contribution in [3.63, 3.8) is 0 Å². The molecule has 0 saturated carbocycles. The van der Waals surface area contributed by atoms with Crippen molar-refractivity contribution in [2.75, 3.05) is 20.6 Å². The maximum Gasteiger partial charge on any atom is 0.135 e. The average molecular weight is 344 g/mol. The second kappa shape index (κ2) is 5.60. The highest BCUT2D eigenvalue weighted by molar-refractivity contribution is 5.95. The van der Waals surface area contributed by atoms with Gasteiger partial charge in [-0.25, -0.2) is 9.64 Å². The molecule has 3 heterocycles. The van der Waals surface area contributed by atoms with E-state index >= 15 is 0 Å². The topological polar surface area (TPSA) is 71.2 Å². The van der Waals surface area contributed by atoms with Crippen LogP contribution in [0.3, 0.4) is 0 Å². The lowest BCUT2D eigenvalue weighted by Gasteiger charge is -2.24. The fourth-order valence-electron chi connectivity index (χ4n) is 3.45. The summed E-state index contributed by atoms with van der Waals surface area (Å²) in [6.07, 6.45) is 3.43. The van der Waals surface area contributed by atoms with Crippen molar-refractivity contribution in [3.8, 4) is 0 Å². The minimum absolute atomic E-state index is 0.760. The molecule has 0 bridgehead atoms. The molecule has 0 radical (unpaired) electrons. The maximum atomic E-state index is 4.83. The maximum absolute atomic E-state index is 4.83. The lowest BCUT2D eigenvalue weighted by Crippen LogP contribution is -2.29. The molecule has 2 aromatic carbocycles. The number of benzene rings is 2. The molecule has 1 aliphatic heterocycles. The van der Waals surface area contributed by atoms with Gasteiger partial charge in [-0.05, 0) is 40.1 Å². The van der Waals surface area contributed by atoms with Gasteiger partial charge in [-0.1, -0.05) is 12.1 Å². The monoisotopic (exact) mass is 344 g/mol. The van der Waals surface area contributed by atoms with Gasteiger partial charge in [0.2, 0.25) is 0 Å². The Labute approximate surface area is 149 Å². The summed E-state index contributed by atoms with van der Waals surface area (Å²) in [5.41, 5.74) is 7.89. The van der Waals surface area contributed by atoms with Crippen molar-refractivity contribution in [2.45, 2.75) is 0 Å². The third kappa shape index (κ3) is 2.25. The van der Waals surface area contributed by atoms with Crippen LogP contribution in [0, 0.1) is 0 Å². The smallest absolute Gasteiger partial charge is 0.135 e. The molecule has 0 atom stereocenters. The van der Waals surface area contributed by atoms with E-state index in [1.165, 1.54) is 5.57 Å². The first-order chi connectivity index (χ1) is 12.7. The number of nitrogens with zero attached hydrogens (tertiary/aromatic N) is 6. The second-order valence-electron chi connectivity index (χ2n) is 6.39. The van der Waals surface area contributed by atoms with Gasteiger partial charge in [0.15, 0.2) is 0 Å². The molecule has 128 valence electrons. The van der Waals surface area contributed by atoms with Gasteiger partial charge in [-0.15, -0.1) is 0 Å². The van der Waals surface area contributed by atoms with Crippen molar-refractivity contribution >= 4 is 33.3 Å². The van der Waals surface area contributed by atoms with E-state index in [4.69, 9.17) is 4.63 Å². The molecule has 1 aliphatic rings. The van der Waals surface area contributed by atoms with Gasteiger partial charge in [-0.3, -0.25) is 9.97 Å². The van der Waals surface area contributed by atoms with Gasteiger partial charge in [0.25, 0.3) is 0 Å². The van der Waals surface area contributed by atoms with E-state index in [1.807, 2.05) is 18.2 Å². The fraction of sp³-hybridized carbons (Fsp3) is 0.158. The molecule has 0 saturated heterocycles. The number of hydrogen-bond acceptors (Lipinski definition) is 7. The molecule has 0 fully saturated rings. The van der Waals surface area contributed by atoms with E-state index in [-0.39, 0.29) is 0 Å². The Hall–Kier alpha value is -3.32. The summed E-state index contributed by atoms with van der Waals surface area (Å²) < 4.78 is 4.83. The Morgan fingerprint density at radius 2 is 1.50 bits per heavy atom. The Morgan fingerprint density at radius 1 is 0.808 bits per heavy atom. The molecule has 0 aliphatic carbocycles. The zero-order chi connectivity index (χ0) is 17.7. The Balaban J connectivity index is 1.71. The van der Waals surface area contributed by atoms with Crippen molar-refractivity contribution in [2.24, 2.45) is 0 Å². The Kier molecular flexibility index (Phi) is 3.23. The van der Waals surface area contributed by atoms with E-state index in [0.717, 1.165) is 45.4 Å². The zero-order valence-corrected chi connectivity index (χ0v) is 14.4. The highest BCUT2D eigenvalue weighted by atomic mass is 16.6. The van der Waals surface area contributed by atoms with Crippen LogP contribution < -0.4 is 0 Å². The number of hydrogen-bond donors (Lipinski definition) is 0. The molecule has 2 aromatic heterocycles. The third-order valence-electron chi connectivity index (χ3n) is 4.85. The number of hydrazine groups is 1. The predicted molar refractivity (Wildman–Crippen MR) is 98.5 cm³/mol. The molecule has 7 heteroatoms. The van der Waals surface area contributed by atoms with Crippen molar-refractivity contribution in [1.29, 1.82) is 0 Å². The lowest BCUT2D eigenvalue weighted by atomic mass is 9.99. The average Bonchev–Trinajstić information content (AvgIpc) is 3.25. The van der Waals surface area contributed by atoms with Crippen LogP contribution in [-0.4, -0.2) is 50.9 Å². The molecule has 5 rings (SSSR count).